The summed E-state index contributed by atoms with van der Waals surface area (Å²) in [7, 11) is 0. The molecule has 0 radical (unpaired) electrons. The third-order valence-electron chi connectivity index (χ3n) is 6.93. The smallest absolute Gasteiger partial charge is 0.342 e. The summed E-state index contributed by atoms with van der Waals surface area (Å²) in [5.74, 6) is 0.650. The van der Waals surface area contributed by atoms with E-state index >= 15 is 0 Å². The Kier molecular flexibility index (Phi) is 5.18. The van der Waals surface area contributed by atoms with Gasteiger partial charge in [0, 0.05) is 42.1 Å². The number of imidazole rings is 1. The van der Waals surface area contributed by atoms with E-state index in [0.717, 1.165) is 61.6 Å². The van der Waals surface area contributed by atoms with Crippen molar-refractivity contribution in [1.82, 2.24) is 29.9 Å². The number of nitrogens with one attached hydrogen (secondary N) is 1. The van der Waals surface area contributed by atoms with Crippen LogP contribution in [0.3, 0.4) is 0 Å². The highest BCUT2D eigenvalue weighted by atomic mass is 32.2. The molecule has 4 aromatic heterocycles. The second kappa shape index (κ2) is 8.16. The van der Waals surface area contributed by atoms with Crippen molar-refractivity contribution in [2.24, 2.45) is 11.1 Å². The first-order chi connectivity index (χ1) is 16.8. The number of rotatable bonds is 3. The van der Waals surface area contributed by atoms with Crippen LogP contribution in [0.4, 0.5) is 19.1 Å². The molecular weight excluding hydrogens is 477 g/mol. The first-order valence-electron chi connectivity index (χ1n) is 11.2. The van der Waals surface area contributed by atoms with Crippen molar-refractivity contribution in [2.45, 2.75) is 41.4 Å². The van der Waals surface area contributed by atoms with E-state index in [-0.39, 0.29) is 16.4 Å². The van der Waals surface area contributed by atoms with E-state index < -0.39 is 11.9 Å². The van der Waals surface area contributed by atoms with E-state index in [1.807, 2.05) is 12.3 Å². The largest absolute Gasteiger partial charge is 0.434 e. The Labute approximate surface area is 202 Å². The van der Waals surface area contributed by atoms with E-state index in [1.165, 1.54) is 18.3 Å². The fourth-order valence-electron chi connectivity index (χ4n) is 5.07. The molecule has 6 rings (SSSR count). The number of anilines is 1. The molecule has 12 heteroatoms. The number of hydrogen-bond donors (Lipinski definition) is 2. The number of nitrogens with zero attached hydrogens (tertiary/aromatic N) is 6. The number of nitrogens with two attached hydrogens (primary N) is 1. The van der Waals surface area contributed by atoms with Crippen LogP contribution in [0.1, 0.15) is 35.8 Å². The Balaban J connectivity index is 1.19. The molecule has 5 heterocycles. The molecule has 1 spiro atoms. The van der Waals surface area contributed by atoms with Crippen LogP contribution in [-0.2, 0) is 12.6 Å². The molecular formula is C23H21F3N8S. The van der Waals surface area contributed by atoms with Gasteiger partial charge in [0.05, 0.1) is 6.20 Å². The molecule has 180 valence electrons. The molecule has 0 saturated carbocycles. The van der Waals surface area contributed by atoms with Crippen LogP contribution in [0.25, 0.3) is 11.3 Å². The van der Waals surface area contributed by atoms with Crippen LogP contribution in [0.2, 0.25) is 0 Å². The van der Waals surface area contributed by atoms with Gasteiger partial charge < -0.3 is 15.6 Å². The summed E-state index contributed by atoms with van der Waals surface area (Å²) in [6.07, 6.45) is 2.53. The average Bonchev–Trinajstić information content (AvgIpc) is 3.38. The molecule has 35 heavy (non-hydrogen) atoms. The molecule has 1 unspecified atom stereocenters. The summed E-state index contributed by atoms with van der Waals surface area (Å²) in [5, 5.41) is 0.314. The first-order valence-corrected chi connectivity index (χ1v) is 12.0. The maximum Gasteiger partial charge on any atom is 0.434 e. The number of H-pyrrole nitrogens is 1. The SMILES string of the molecule is NC1c2cccnc2CC12CCN(c1nc3nc(Sc4cccnc4C(F)(F)F)cnc3[nH]1)CC2. The summed E-state index contributed by atoms with van der Waals surface area (Å²) in [4.78, 5) is 26.7. The Morgan fingerprint density at radius 1 is 1.06 bits per heavy atom. The Morgan fingerprint density at radius 3 is 2.60 bits per heavy atom. The normalized spacial score (nSPS) is 19.4. The maximum atomic E-state index is 13.3. The molecule has 1 saturated heterocycles. The van der Waals surface area contributed by atoms with Crippen LogP contribution in [-0.4, -0.2) is 43.0 Å². The van der Waals surface area contributed by atoms with Crippen molar-refractivity contribution in [3.05, 3.63) is 59.8 Å². The van der Waals surface area contributed by atoms with Gasteiger partial charge in [-0.3, -0.25) is 9.97 Å². The van der Waals surface area contributed by atoms with Crippen molar-refractivity contribution in [3.63, 3.8) is 0 Å². The van der Waals surface area contributed by atoms with Gasteiger partial charge in [0.15, 0.2) is 17.0 Å². The maximum absolute atomic E-state index is 13.3. The Hall–Kier alpha value is -3.25. The monoisotopic (exact) mass is 498 g/mol. The van der Waals surface area contributed by atoms with Crippen LogP contribution in [0, 0.1) is 5.41 Å². The van der Waals surface area contributed by atoms with Crippen molar-refractivity contribution in [2.75, 3.05) is 18.0 Å². The van der Waals surface area contributed by atoms with Gasteiger partial charge >= 0.3 is 6.18 Å². The van der Waals surface area contributed by atoms with Crippen molar-refractivity contribution in [1.29, 1.82) is 0 Å². The van der Waals surface area contributed by atoms with Crippen LogP contribution in [0.15, 0.2) is 52.8 Å². The lowest BCUT2D eigenvalue weighted by atomic mass is 9.73. The lowest BCUT2D eigenvalue weighted by molar-refractivity contribution is -0.143. The molecule has 2 aliphatic rings. The minimum Gasteiger partial charge on any atom is -0.342 e. The molecule has 3 N–H and O–H groups in total. The van der Waals surface area contributed by atoms with Crippen molar-refractivity contribution >= 4 is 29.0 Å². The lowest BCUT2D eigenvalue weighted by Gasteiger charge is -2.41. The predicted molar refractivity (Wildman–Crippen MR) is 124 cm³/mol. The van der Waals surface area contributed by atoms with E-state index in [0.29, 0.717) is 22.3 Å². The molecule has 0 aromatic carbocycles. The van der Waals surface area contributed by atoms with E-state index in [4.69, 9.17) is 5.73 Å². The molecule has 1 aliphatic heterocycles. The van der Waals surface area contributed by atoms with Gasteiger partial charge in [-0.15, -0.1) is 0 Å². The topological polar surface area (TPSA) is 110 Å². The summed E-state index contributed by atoms with van der Waals surface area (Å²) in [6, 6.07) is 6.81. The number of fused-ring (bicyclic) bond motifs is 2. The van der Waals surface area contributed by atoms with Crippen LogP contribution < -0.4 is 10.6 Å². The summed E-state index contributed by atoms with van der Waals surface area (Å²) < 4.78 is 39.8. The van der Waals surface area contributed by atoms with Gasteiger partial charge in [0.1, 0.15) is 5.03 Å². The van der Waals surface area contributed by atoms with E-state index in [9.17, 15) is 13.2 Å². The molecule has 1 fully saturated rings. The Bertz CT molecular complexity index is 1400. The second-order valence-corrected chi connectivity index (χ2v) is 10.00. The zero-order chi connectivity index (χ0) is 24.2. The zero-order valence-corrected chi connectivity index (χ0v) is 19.3. The highest BCUT2D eigenvalue weighted by molar-refractivity contribution is 7.99. The third kappa shape index (κ3) is 3.90. The molecule has 1 aliphatic carbocycles. The Morgan fingerprint density at radius 2 is 1.83 bits per heavy atom. The number of aromatic amines is 1. The molecule has 1 atom stereocenters. The number of aromatic nitrogens is 6. The number of hydrogen-bond acceptors (Lipinski definition) is 8. The quantitative estimate of drug-likeness (QED) is 0.434. The van der Waals surface area contributed by atoms with Gasteiger partial charge in [0.25, 0.3) is 0 Å². The zero-order valence-electron chi connectivity index (χ0n) is 18.5. The van der Waals surface area contributed by atoms with E-state index in [1.54, 1.807) is 0 Å². The van der Waals surface area contributed by atoms with Gasteiger partial charge in [-0.25, -0.2) is 9.97 Å². The fourth-order valence-corrected chi connectivity index (χ4v) is 5.94. The number of alkyl halides is 3. The number of piperidine rings is 1. The minimum absolute atomic E-state index is 0.000574. The summed E-state index contributed by atoms with van der Waals surface area (Å²) >= 11 is 0.864. The van der Waals surface area contributed by atoms with Gasteiger partial charge in [-0.1, -0.05) is 17.8 Å². The highest BCUT2D eigenvalue weighted by Gasteiger charge is 2.46. The predicted octanol–water partition coefficient (Wildman–Crippen LogP) is 4.16. The van der Waals surface area contributed by atoms with Crippen LogP contribution >= 0.6 is 11.8 Å². The van der Waals surface area contributed by atoms with Crippen molar-refractivity contribution in [3.8, 4) is 0 Å². The van der Waals surface area contributed by atoms with E-state index in [2.05, 4.69) is 40.9 Å². The molecule has 0 amide bonds. The average molecular weight is 499 g/mol. The van der Waals surface area contributed by atoms with Gasteiger partial charge in [-0.2, -0.15) is 18.2 Å². The first kappa shape index (κ1) is 22.2. The standard InChI is InChI=1S/C23H21F3N8S/c24-23(25,26)18-15(4-2-8-29-18)35-16-12-30-19-20(31-16)33-21(32-19)34-9-5-22(6-10-34)11-14-13(17(22)27)3-1-7-28-14/h1-4,7-8,12,17H,5-6,9-11,27H2,(H,30,31,32,33). The highest BCUT2D eigenvalue weighted by Crippen LogP contribution is 2.50. The fraction of sp³-hybridized carbons (Fsp3) is 0.348. The lowest BCUT2D eigenvalue weighted by Crippen LogP contribution is -2.44. The minimum atomic E-state index is -4.55. The third-order valence-corrected chi connectivity index (χ3v) is 7.88. The second-order valence-electron chi connectivity index (χ2n) is 8.93. The molecule has 4 aromatic rings. The van der Waals surface area contributed by atoms with Crippen molar-refractivity contribution < 1.29 is 13.2 Å². The number of pyridine rings is 2. The number of halogens is 3. The molecule has 8 nitrogen and oxygen atoms in total. The van der Waals surface area contributed by atoms with Gasteiger partial charge in [-0.05, 0) is 48.4 Å². The van der Waals surface area contributed by atoms with Crippen LogP contribution in [0.5, 0.6) is 0 Å². The summed E-state index contributed by atoms with van der Waals surface area (Å²) in [5.41, 5.74) is 8.78. The summed E-state index contributed by atoms with van der Waals surface area (Å²) in [6.45, 7) is 1.54. The van der Waals surface area contributed by atoms with Gasteiger partial charge in [0.2, 0.25) is 5.95 Å². The molecule has 0 bridgehead atoms.